The number of amides is 1. The van der Waals surface area contributed by atoms with Crippen molar-refractivity contribution in [2.45, 2.75) is 97.3 Å². The Morgan fingerprint density at radius 3 is 2.30 bits per heavy atom. The van der Waals surface area contributed by atoms with Gasteiger partial charge in [0.1, 0.15) is 17.7 Å². The van der Waals surface area contributed by atoms with E-state index in [0.29, 0.717) is 12.3 Å². The average Bonchev–Trinajstić information content (AvgIpc) is 2.65. The Labute approximate surface area is 181 Å². The minimum atomic E-state index is -0.711. The highest BCUT2D eigenvalue weighted by Gasteiger charge is 2.42. The van der Waals surface area contributed by atoms with Crippen LogP contribution < -0.4 is 5.32 Å². The van der Waals surface area contributed by atoms with Gasteiger partial charge >= 0.3 is 12.1 Å². The summed E-state index contributed by atoms with van der Waals surface area (Å²) in [6.07, 6.45) is 2.66. The lowest BCUT2D eigenvalue weighted by atomic mass is 9.64. The van der Waals surface area contributed by atoms with Gasteiger partial charge in [0.05, 0.1) is 0 Å². The molecule has 0 spiro atoms. The zero-order valence-corrected chi connectivity index (χ0v) is 19.7. The maximum atomic E-state index is 13.0. The van der Waals surface area contributed by atoms with Crippen molar-refractivity contribution in [1.82, 2.24) is 5.32 Å². The molecular weight excluding hydrogens is 378 g/mol. The van der Waals surface area contributed by atoms with E-state index in [9.17, 15) is 9.59 Å². The van der Waals surface area contributed by atoms with Gasteiger partial charge in [0.25, 0.3) is 0 Å². The molecule has 0 heterocycles. The van der Waals surface area contributed by atoms with Crippen molar-refractivity contribution in [3.63, 3.8) is 0 Å². The lowest BCUT2D eigenvalue weighted by Gasteiger charge is -2.44. The molecule has 0 aliphatic heterocycles. The number of hydrogen-bond acceptors (Lipinski definition) is 4. The molecule has 1 amide bonds. The molecule has 1 aliphatic rings. The number of carbonyl (C=O) groups is 2. The molecule has 0 unspecified atom stereocenters. The SMILES string of the molecule is CC[C@@H](NC(=O)OC(C)(C)C)C(=O)O[C@@H]1C[C@H](C)CC[C@H]1C(C)(C)c1ccccc1. The molecule has 0 saturated heterocycles. The van der Waals surface area contributed by atoms with E-state index in [1.807, 2.05) is 13.0 Å². The fraction of sp³-hybridized carbons (Fsp3) is 0.680. The Bertz CT molecular complexity index is 708. The standard InChI is InChI=1S/C25H39NO4/c1-8-20(26-23(28)30-24(3,4)5)22(27)29-21-16-17(2)14-15-19(21)25(6,7)18-12-10-9-11-13-18/h9-13,17,19-21H,8,14-16H2,1-7H3,(H,26,28)/t17-,19-,20-,21-/m1/s1. The van der Waals surface area contributed by atoms with Crippen LogP contribution in [0.2, 0.25) is 0 Å². The molecule has 168 valence electrons. The predicted molar refractivity (Wildman–Crippen MR) is 119 cm³/mol. The van der Waals surface area contributed by atoms with Gasteiger partial charge in [0, 0.05) is 5.92 Å². The number of ether oxygens (including phenoxy) is 2. The van der Waals surface area contributed by atoms with Crippen LogP contribution >= 0.6 is 0 Å². The Morgan fingerprint density at radius 1 is 1.10 bits per heavy atom. The van der Waals surface area contributed by atoms with Gasteiger partial charge in [-0.05, 0) is 56.9 Å². The summed E-state index contributed by atoms with van der Waals surface area (Å²) in [7, 11) is 0. The van der Waals surface area contributed by atoms with Crippen LogP contribution in [-0.4, -0.2) is 29.8 Å². The molecule has 0 aromatic heterocycles. The Morgan fingerprint density at radius 2 is 1.73 bits per heavy atom. The van der Waals surface area contributed by atoms with Crippen LogP contribution in [0.1, 0.15) is 79.7 Å². The minimum absolute atomic E-state index is 0.118. The molecule has 4 atom stereocenters. The smallest absolute Gasteiger partial charge is 0.408 e. The first-order valence-corrected chi connectivity index (χ1v) is 11.2. The number of alkyl carbamates (subject to hydrolysis) is 1. The summed E-state index contributed by atoms with van der Waals surface area (Å²) >= 11 is 0. The van der Waals surface area contributed by atoms with E-state index in [1.165, 1.54) is 5.56 Å². The summed E-state index contributed by atoms with van der Waals surface area (Å²) in [6.45, 7) is 13.9. The third-order valence-corrected chi connectivity index (χ3v) is 6.15. The lowest BCUT2D eigenvalue weighted by molar-refractivity contribution is -0.159. The Hall–Kier alpha value is -2.04. The fourth-order valence-corrected chi connectivity index (χ4v) is 4.38. The lowest BCUT2D eigenvalue weighted by Crippen LogP contribution is -2.48. The predicted octanol–water partition coefficient (Wildman–Crippen LogP) is 5.62. The van der Waals surface area contributed by atoms with Gasteiger partial charge in [-0.1, -0.05) is 64.4 Å². The first kappa shape index (κ1) is 24.2. The van der Waals surface area contributed by atoms with Gasteiger partial charge in [0.2, 0.25) is 0 Å². The molecule has 1 aromatic carbocycles. The van der Waals surface area contributed by atoms with Crippen LogP contribution in [0.25, 0.3) is 0 Å². The highest BCUT2D eigenvalue weighted by molar-refractivity contribution is 5.81. The summed E-state index contributed by atoms with van der Waals surface area (Å²) in [5.74, 6) is 0.347. The number of rotatable bonds is 6. The third-order valence-electron chi connectivity index (χ3n) is 6.15. The zero-order valence-electron chi connectivity index (χ0n) is 19.7. The van der Waals surface area contributed by atoms with Crippen LogP contribution in [-0.2, 0) is 19.7 Å². The maximum absolute atomic E-state index is 13.0. The van der Waals surface area contributed by atoms with E-state index in [4.69, 9.17) is 9.47 Å². The second kappa shape index (κ2) is 9.84. The molecule has 1 N–H and O–H groups in total. The second-order valence-electron chi connectivity index (χ2n) is 10.2. The van der Waals surface area contributed by atoms with Crippen molar-refractivity contribution in [3.05, 3.63) is 35.9 Å². The molecule has 0 radical (unpaired) electrons. The number of nitrogens with one attached hydrogen (secondary N) is 1. The van der Waals surface area contributed by atoms with E-state index in [1.54, 1.807) is 20.8 Å². The van der Waals surface area contributed by atoms with Crippen LogP contribution in [0.4, 0.5) is 4.79 Å². The maximum Gasteiger partial charge on any atom is 0.408 e. The molecule has 1 saturated carbocycles. The second-order valence-corrected chi connectivity index (χ2v) is 10.2. The normalized spacial score (nSPS) is 23.4. The van der Waals surface area contributed by atoms with Crippen LogP contribution in [0.5, 0.6) is 0 Å². The first-order valence-electron chi connectivity index (χ1n) is 11.2. The minimum Gasteiger partial charge on any atom is -0.461 e. The highest BCUT2D eigenvalue weighted by Crippen LogP contribution is 2.43. The molecule has 0 bridgehead atoms. The Kier molecular flexibility index (Phi) is 7.95. The van der Waals surface area contributed by atoms with Gasteiger partial charge in [0.15, 0.2) is 0 Å². The van der Waals surface area contributed by atoms with E-state index < -0.39 is 17.7 Å². The van der Waals surface area contributed by atoms with Gasteiger partial charge in [-0.15, -0.1) is 0 Å². The number of benzene rings is 1. The van der Waals surface area contributed by atoms with Crippen molar-refractivity contribution < 1.29 is 19.1 Å². The quantitative estimate of drug-likeness (QED) is 0.611. The van der Waals surface area contributed by atoms with Gasteiger partial charge in [-0.2, -0.15) is 0 Å². The largest absolute Gasteiger partial charge is 0.461 e. The summed E-state index contributed by atoms with van der Waals surface area (Å²) in [6, 6.07) is 9.72. The number of carbonyl (C=O) groups excluding carboxylic acids is 2. The number of hydrogen-bond donors (Lipinski definition) is 1. The monoisotopic (exact) mass is 417 g/mol. The molecule has 5 nitrogen and oxygen atoms in total. The fourth-order valence-electron chi connectivity index (χ4n) is 4.38. The van der Waals surface area contributed by atoms with Gasteiger partial charge < -0.3 is 14.8 Å². The van der Waals surface area contributed by atoms with Crippen molar-refractivity contribution in [2.24, 2.45) is 11.8 Å². The molecule has 1 fully saturated rings. The molecular formula is C25H39NO4. The van der Waals surface area contributed by atoms with Crippen LogP contribution in [0.3, 0.4) is 0 Å². The topological polar surface area (TPSA) is 64.6 Å². The van der Waals surface area contributed by atoms with E-state index in [0.717, 1.165) is 19.3 Å². The van der Waals surface area contributed by atoms with Gasteiger partial charge in [-0.3, -0.25) is 0 Å². The van der Waals surface area contributed by atoms with E-state index in [2.05, 4.69) is 50.4 Å². The average molecular weight is 418 g/mol. The zero-order chi connectivity index (χ0) is 22.5. The van der Waals surface area contributed by atoms with Crippen molar-refractivity contribution in [2.75, 3.05) is 0 Å². The summed E-state index contributed by atoms with van der Waals surface area (Å²) in [4.78, 5) is 25.1. The summed E-state index contributed by atoms with van der Waals surface area (Å²) < 4.78 is 11.4. The van der Waals surface area contributed by atoms with Crippen molar-refractivity contribution >= 4 is 12.1 Å². The van der Waals surface area contributed by atoms with Crippen molar-refractivity contribution in [1.29, 1.82) is 0 Å². The summed E-state index contributed by atoms with van der Waals surface area (Å²) in [5.41, 5.74) is 0.521. The van der Waals surface area contributed by atoms with Crippen LogP contribution in [0, 0.1) is 11.8 Å². The van der Waals surface area contributed by atoms with Gasteiger partial charge in [-0.25, -0.2) is 9.59 Å². The first-order chi connectivity index (χ1) is 13.9. The Balaban J connectivity index is 2.13. The highest BCUT2D eigenvalue weighted by atomic mass is 16.6. The summed E-state index contributed by atoms with van der Waals surface area (Å²) in [5, 5.41) is 2.67. The number of esters is 1. The molecule has 30 heavy (non-hydrogen) atoms. The van der Waals surface area contributed by atoms with E-state index >= 15 is 0 Å². The molecule has 5 heteroatoms. The molecule has 1 aliphatic carbocycles. The van der Waals surface area contributed by atoms with Crippen LogP contribution in [0.15, 0.2) is 30.3 Å². The molecule has 2 rings (SSSR count). The third kappa shape index (κ3) is 6.48. The molecule has 1 aromatic rings. The van der Waals surface area contributed by atoms with Crippen molar-refractivity contribution in [3.8, 4) is 0 Å². The van der Waals surface area contributed by atoms with E-state index in [-0.39, 0.29) is 23.4 Å².